The van der Waals surface area contributed by atoms with E-state index >= 15 is 0 Å². The molecule has 0 unspecified atom stereocenters. The Kier molecular flexibility index (Phi) is 6.18. The molecule has 5 rings (SSSR count). The molecule has 168 valence electrons. The Labute approximate surface area is 208 Å². The van der Waals surface area contributed by atoms with Crippen molar-refractivity contribution in [2.75, 3.05) is 0 Å². The molecule has 0 radical (unpaired) electrons. The van der Waals surface area contributed by atoms with Crippen molar-refractivity contribution in [2.24, 2.45) is 0 Å². The molecule has 0 bridgehead atoms. The van der Waals surface area contributed by atoms with E-state index in [2.05, 4.69) is 32.0 Å². The second-order valence-corrected chi connectivity index (χ2v) is 9.96. The zero-order valence-electron chi connectivity index (χ0n) is 18.9. The van der Waals surface area contributed by atoms with Gasteiger partial charge in [0.05, 0.1) is 17.1 Å². The Morgan fingerprint density at radius 2 is 1.68 bits per heavy atom. The lowest BCUT2D eigenvalue weighted by atomic mass is 10.0. The minimum Gasteiger partial charge on any atom is -0.288 e. The van der Waals surface area contributed by atoms with Gasteiger partial charge < -0.3 is 0 Å². The van der Waals surface area contributed by atoms with Gasteiger partial charge in [0.25, 0.3) is 5.91 Å². The van der Waals surface area contributed by atoms with Crippen LogP contribution in [0.2, 0.25) is 0 Å². The average Bonchev–Trinajstić information content (AvgIpc) is 3.38. The van der Waals surface area contributed by atoms with E-state index in [1.165, 1.54) is 11.8 Å². The van der Waals surface area contributed by atoms with E-state index in [4.69, 9.17) is 17.3 Å². The first-order chi connectivity index (χ1) is 16.5. The number of thiocarbonyl (C=S) groups is 1. The summed E-state index contributed by atoms with van der Waals surface area (Å²) in [5.74, 6) is -0.0711. The summed E-state index contributed by atoms with van der Waals surface area (Å²) in [6.45, 7) is 4.63. The number of hydrogen-bond acceptors (Lipinski definition) is 4. The molecule has 6 heteroatoms. The van der Waals surface area contributed by atoms with Crippen LogP contribution in [0.15, 0.2) is 90.0 Å². The summed E-state index contributed by atoms with van der Waals surface area (Å²) in [5, 5.41) is 4.93. The second kappa shape index (κ2) is 9.41. The van der Waals surface area contributed by atoms with E-state index in [9.17, 15) is 4.79 Å². The molecular formula is C28H23N3OS2. The molecular weight excluding hydrogens is 458 g/mol. The number of para-hydroxylation sites is 1. The van der Waals surface area contributed by atoms with E-state index in [1.807, 2.05) is 77.6 Å². The number of aryl methyl sites for hydroxylation is 2. The van der Waals surface area contributed by atoms with E-state index in [0.717, 1.165) is 39.2 Å². The molecule has 34 heavy (non-hydrogen) atoms. The number of rotatable bonds is 5. The molecule has 4 aromatic rings. The fraction of sp³-hybridized carbons (Fsp3) is 0.107. The molecule has 0 saturated carbocycles. The maximum atomic E-state index is 13.3. The van der Waals surface area contributed by atoms with Gasteiger partial charge in [-0.15, -0.1) is 0 Å². The third kappa shape index (κ3) is 4.47. The largest absolute Gasteiger partial charge is 0.288 e. The van der Waals surface area contributed by atoms with Gasteiger partial charge in [-0.3, -0.25) is 9.69 Å². The van der Waals surface area contributed by atoms with Crippen LogP contribution in [0.3, 0.4) is 0 Å². The Morgan fingerprint density at radius 1 is 0.971 bits per heavy atom. The highest BCUT2D eigenvalue weighted by atomic mass is 32.2. The molecule has 3 aromatic carbocycles. The molecule has 1 amide bonds. The predicted octanol–water partition coefficient (Wildman–Crippen LogP) is 6.56. The van der Waals surface area contributed by atoms with Gasteiger partial charge in [-0.1, -0.05) is 90.2 Å². The fourth-order valence-electron chi connectivity index (χ4n) is 3.95. The minimum absolute atomic E-state index is 0.0711. The van der Waals surface area contributed by atoms with E-state index in [0.29, 0.717) is 15.8 Å². The SMILES string of the molecule is Cc1ccc(C)c(-c2nn(-c3ccccc3)cc2C=C2SC(=S)N(Cc3ccccc3)C2=O)c1. The number of thioether (sulfide) groups is 1. The summed E-state index contributed by atoms with van der Waals surface area (Å²) in [5.41, 5.74) is 7.10. The van der Waals surface area contributed by atoms with E-state index < -0.39 is 0 Å². The number of carbonyl (C=O) groups is 1. The first-order valence-electron chi connectivity index (χ1n) is 11.0. The van der Waals surface area contributed by atoms with Crippen molar-refractivity contribution in [2.45, 2.75) is 20.4 Å². The fourth-order valence-corrected chi connectivity index (χ4v) is 5.20. The number of hydrogen-bond donors (Lipinski definition) is 0. The molecule has 2 heterocycles. The lowest BCUT2D eigenvalue weighted by Gasteiger charge is -2.14. The Morgan fingerprint density at radius 3 is 2.41 bits per heavy atom. The van der Waals surface area contributed by atoms with Crippen LogP contribution in [0.1, 0.15) is 22.3 Å². The molecule has 1 saturated heterocycles. The lowest BCUT2D eigenvalue weighted by molar-refractivity contribution is -0.122. The zero-order valence-corrected chi connectivity index (χ0v) is 20.6. The maximum Gasteiger partial charge on any atom is 0.266 e. The Hall–Kier alpha value is -3.48. The molecule has 0 aliphatic carbocycles. The molecule has 1 aliphatic rings. The number of nitrogens with zero attached hydrogens (tertiary/aromatic N) is 3. The second-order valence-electron chi connectivity index (χ2n) is 8.28. The topological polar surface area (TPSA) is 38.1 Å². The molecule has 4 nitrogen and oxygen atoms in total. The first-order valence-corrected chi connectivity index (χ1v) is 12.2. The minimum atomic E-state index is -0.0711. The molecule has 0 atom stereocenters. The molecule has 1 aromatic heterocycles. The van der Waals surface area contributed by atoms with Crippen molar-refractivity contribution in [1.82, 2.24) is 14.7 Å². The molecule has 1 fully saturated rings. The average molecular weight is 482 g/mol. The van der Waals surface area contributed by atoms with Crippen molar-refractivity contribution >= 4 is 40.3 Å². The van der Waals surface area contributed by atoms with Gasteiger partial charge in [-0.25, -0.2) is 4.68 Å². The zero-order chi connectivity index (χ0) is 23.7. The highest BCUT2D eigenvalue weighted by molar-refractivity contribution is 8.26. The van der Waals surface area contributed by atoms with Gasteiger partial charge in [0.1, 0.15) is 10.0 Å². The van der Waals surface area contributed by atoms with Crippen LogP contribution >= 0.6 is 24.0 Å². The number of amides is 1. The van der Waals surface area contributed by atoms with Crippen LogP contribution in [0, 0.1) is 13.8 Å². The third-order valence-electron chi connectivity index (χ3n) is 5.76. The van der Waals surface area contributed by atoms with Crippen LogP contribution in [-0.2, 0) is 11.3 Å². The van der Waals surface area contributed by atoms with Crippen molar-refractivity contribution in [1.29, 1.82) is 0 Å². The molecule has 0 N–H and O–H groups in total. The summed E-state index contributed by atoms with van der Waals surface area (Å²) in [6, 6.07) is 26.3. The van der Waals surface area contributed by atoms with Crippen LogP contribution in [0.4, 0.5) is 0 Å². The van der Waals surface area contributed by atoms with Gasteiger partial charge in [-0.05, 0) is 49.2 Å². The van der Waals surface area contributed by atoms with Crippen molar-refractivity contribution in [3.8, 4) is 16.9 Å². The Bertz CT molecular complexity index is 1410. The summed E-state index contributed by atoms with van der Waals surface area (Å²) in [6.07, 6.45) is 3.91. The number of aromatic nitrogens is 2. The predicted molar refractivity (Wildman–Crippen MR) is 144 cm³/mol. The lowest BCUT2D eigenvalue weighted by Crippen LogP contribution is -2.27. The van der Waals surface area contributed by atoms with E-state index in [1.54, 1.807) is 4.90 Å². The van der Waals surface area contributed by atoms with Gasteiger partial charge in [0, 0.05) is 17.3 Å². The quantitative estimate of drug-likeness (QED) is 0.239. The van der Waals surface area contributed by atoms with Crippen molar-refractivity contribution < 1.29 is 4.79 Å². The smallest absolute Gasteiger partial charge is 0.266 e. The molecule has 1 aliphatic heterocycles. The van der Waals surface area contributed by atoms with Gasteiger partial charge in [0.2, 0.25) is 0 Å². The number of benzene rings is 3. The monoisotopic (exact) mass is 481 g/mol. The highest BCUT2D eigenvalue weighted by Crippen LogP contribution is 2.36. The normalized spacial score (nSPS) is 14.9. The van der Waals surface area contributed by atoms with Crippen LogP contribution < -0.4 is 0 Å². The standard InChI is InChI=1S/C28H23N3OS2/c1-19-13-14-20(2)24(15-19)26-22(18-31(29-26)23-11-7-4-8-12-23)16-25-27(32)30(28(33)34-25)17-21-9-5-3-6-10-21/h3-16,18H,17H2,1-2H3. The van der Waals surface area contributed by atoms with E-state index in [-0.39, 0.29) is 5.91 Å². The summed E-state index contributed by atoms with van der Waals surface area (Å²) in [4.78, 5) is 15.6. The highest BCUT2D eigenvalue weighted by Gasteiger charge is 2.32. The van der Waals surface area contributed by atoms with Crippen LogP contribution in [-0.4, -0.2) is 24.9 Å². The maximum absolute atomic E-state index is 13.3. The van der Waals surface area contributed by atoms with Crippen LogP contribution in [0.25, 0.3) is 23.0 Å². The summed E-state index contributed by atoms with van der Waals surface area (Å²) in [7, 11) is 0. The number of carbonyl (C=O) groups excluding carboxylic acids is 1. The first kappa shape index (κ1) is 22.3. The van der Waals surface area contributed by atoms with Crippen molar-refractivity contribution in [3.05, 3.63) is 112 Å². The van der Waals surface area contributed by atoms with Gasteiger partial charge in [-0.2, -0.15) is 5.10 Å². The van der Waals surface area contributed by atoms with Gasteiger partial charge >= 0.3 is 0 Å². The third-order valence-corrected chi connectivity index (χ3v) is 7.13. The molecule has 0 spiro atoms. The summed E-state index contributed by atoms with van der Waals surface area (Å²) < 4.78 is 2.44. The Balaban J connectivity index is 1.56. The van der Waals surface area contributed by atoms with Gasteiger partial charge in [0.15, 0.2) is 0 Å². The van der Waals surface area contributed by atoms with Crippen molar-refractivity contribution in [3.63, 3.8) is 0 Å². The summed E-state index contributed by atoms with van der Waals surface area (Å²) >= 11 is 6.91. The van der Waals surface area contributed by atoms with Crippen LogP contribution in [0.5, 0.6) is 0 Å².